The monoisotopic (exact) mass is 338 g/mol. The molecule has 2 amide bonds. The molecule has 5 nitrogen and oxygen atoms in total. The Morgan fingerprint density at radius 1 is 1.16 bits per heavy atom. The van der Waals surface area contributed by atoms with Crippen LogP contribution in [0.5, 0.6) is 5.75 Å². The fourth-order valence-corrected chi connectivity index (χ4v) is 2.24. The summed E-state index contributed by atoms with van der Waals surface area (Å²) in [5.41, 5.74) is 2.86. The molecule has 0 saturated heterocycles. The maximum atomic E-state index is 12.2. The van der Waals surface area contributed by atoms with Crippen molar-refractivity contribution in [2.75, 3.05) is 18.5 Å². The van der Waals surface area contributed by atoms with Gasteiger partial charge in [0.25, 0.3) is 11.8 Å². The Morgan fingerprint density at radius 3 is 2.68 bits per heavy atom. The van der Waals surface area contributed by atoms with Gasteiger partial charge in [0.05, 0.1) is 11.3 Å². The quantitative estimate of drug-likeness (QED) is 0.762. The SMILES string of the molecule is C=CCNC(=O)c1ccccc1NC(=O)COc1cc(C)ccc1C. The average Bonchev–Trinajstić information content (AvgIpc) is 2.61. The van der Waals surface area contributed by atoms with Crippen LogP contribution in [0.3, 0.4) is 0 Å². The molecule has 0 heterocycles. The van der Waals surface area contributed by atoms with E-state index in [1.807, 2.05) is 32.0 Å². The first-order chi connectivity index (χ1) is 12.0. The molecule has 2 aromatic rings. The van der Waals surface area contributed by atoms with Gasteiger partial charge >= 0.3 is 0 Å². The van der Waals surface area contributed by atoms with E-state index in [4.69, 9.17) is 4.74 Å². The predicted molar refractivity (Wildman–Crippen MR) is 99.0 cm³/mol. The zero-order valence-corrected chi connectivity index (χ0v) is 14.5. The molecule has 2 aromatic carbocycles. The summed E-state index contributed by atoms with van der Waals surface area (Å²) in [6.07, 6.45) is 1.59. The molecule has 2 rings (SSSR count). The molecular weight excluding hydrogens is 316 g/mol. The molecule has 0 unspecified atom stereocenters. The number of rotatable bonds is 7. The molecule has 0 radical (unpaired) electrons. The minimum atomic E-state index is -0.329. The number of ether oxygens (including phenoxy) is 1. The third-order valence-electron chi connectivity index (χ3n) is 3.56. The number of para-hydroxylation sites is 1. The molecule has 0 aromatic heterocycles. The van der Waals surface area contributed by atoms with E-state index in [2.05, 4.69) is 17.2 Å². The highest BCUT2D eigenvalue weighted by molar-refractivity contribution is 6.04. The van der Waals surface area contributed by atoms with Crippen molar-refractivity contribution < 1.29 is 14.3 Å². The van der Waals surface area contributed by atoms with Gasteiger partial charge in [-0.3, -0.25) is 9.59 Å². The summed E-state index contributed by atoms with van der Waals surface area (Å²) in [4.78, 5) is 24.3. The topological polar surface area (TPSA) is 67.4 Å². The van der Waals surface area contributed by atoms with E-state index in [1.165, 1.54) is 0 Å². The smallest absolute Gasteiger partial charge is 0.262 e. The maximum absolute atomic E-state index is 12.2. The zero-order valence-electron chi connectivity index (χ0n) is 14.5. The lowest BCUT2D eigenvalue weighted by Crippen LogP contribution is -2.26. The molecule has 2 N–H and O–H groups in total. The van der Waals surface area contributed by atoms with Crippen LogP contribution in [0.25, 0.3) is 0 Å². The van der Waals surface area contributed by atoms with Crippen LogP contribution in [0.4, 0.5) is 5.69 Å². The Bertz CT molecular complexity index is 784. The number of carbonyl (C=O) groups is 2. The Kier molecular flexibility index (Phi) is 6.34. The van der Waals surface area contributed by atoms with E-state index in [1.54, 1.807) is 30.3 Å². The maximum Gasteiger partial charge on any atom is 0.262 e. The van der Waals surface area contributed by atoms with Crippen molar-refractivity contribution in [1.29, 1.82) is 0 Å². The minimum Gasteiger partial charge on any atom is -0.483 e. The molecule has 0 aliphatic heterocycles. The number of carbonyl (C=O) groups excluding carboxylic acids is 2. The molecule has 0 aliphatic carbocycles. The van der Waals surface area contributed by atoms with Crippen molar-refractivity contribution in [2.24, 2.45) is 0 Å². The fraction of sp³-hybridized carbons (Fsp3) is 0.200. The first-order valence-electron chi connectivity index (χ1n) is 7.99. The summed E-state index contributed by atoms with van der Waals surface area (Å²) in [6.45, 7) is 7.67. The second-order valence-electron chi connectivity index (χ2n) is 5.65. The number of hydrogen-bond acceptors (Lipinski definition) is 3. The third kappa shape index (κ3) is 5.21. The second-order valence-corrected chi connectivity index (χ2v) is 5.65. The average molecular weight is 338 g/mol. The largest absolute Gasteiger partial charge is 0.483 e. The van der Waals surface area contributed by atoms with E-state index in [-0.39, 0.29) is 18.4 Å². The summed E-state index contributed by atoms with van der Waals surface area (Å²) < 4.78 is 5.59. The van der Waals surface area contributed by atoms with Crippen LogP contribution in [-0.4, -0.2) is 25.0 Å². The molecule has 0 bridgehead atoms. The lowest BCUT2D eigenvalue weighted by atomic mass is 10.1. The van der Waals surface area contributed by atoms with Gasteiger partial charge in [-0.15, -0.1) is 6.58 Å². The molecule has 0 saturated carbocycles. The molecule has 0 spiro atoms. The summed E-state index contributed by atoms with van der Waals surface area (Å²) in [6, 6.07) is 12.6. The second kappa shape index (κ2) is 8.68. The lowest BCUT2D eigenvalue weighted by Gasteiger charge is -2.12. The normalized spacial score (nSPS) is 10.0. The van der Waals surface area contributed by atoms with Crippen LogP contribution >= 0.6 is 0 Å². The molecule has 5 heteroatoms. The van der Waals surface area contributed by atoms with Crippen LogP contribution in [0, 0.1) is 13.8 Å². The van der Waals surface area contributed by atoms with Crippen LogP contribution in [0.2, 0.25) is 0 Å². The summed E-state index contributed by atoms with van der Waals surface area (Å²) in [5, 5.41) is 5.42. The third-order valence-corrected chi connectivity index (χ3v) is 3.56. The van der Waals surface area contributed by atoms with Crippen LogP contribution in [0.1, 0.15) is 21.5 Å². The van der Waals surface area contributed by atoms with Crippen LogP contribution in [-0.2, 0) is 4.79 Å². The highest BCUT2D eigenvalue weighted by Crippen LogP contribution is 2.19. The van der Waals surface area contributed by atoms with Crippen molar-refractivity contribution >= 4 is 17.5 Å². The van der Waals surface area contributed by atoms with Gasteiger partial charge in [-0.1, -0.05) is 30.3 Å². The molecular formula is C20H22N2O3. The highest BCUT2D eigenvalue weighted by Gasteiger charge is 2.13. The first-order valence-corrected chi connectivity index (χ1v) is 7.99. The van der Waals surface area contributed by atoms with Gasteiger partial charge in [0.2, 0.25) is 0 Å². The number of amides is 2. The number of hydrogen-bond donors (Lipinski definition) is 2. The fourth-order valence-electron chi connectivity index (χ4n) is 2.24. The van der Waals surface area contributed by atoms with Crippen LogP contribution in [0.15, 0.2) is 55.1 Å². The van der Waals surface area contributed by atoms with E-state index < -0.39 is 0 Å². The molecule has 0 atom stereocenters. The van der Waals surface area contributed by atoms with Gasteiger partial charge in [0.1, 0.15) is 5.75 Å². The van der Waals surface area contributed by atoms with Gasteiger partial charge in [-0.25, -0.2) is 0 Å². The number of nitrogens with one attached hydrogen (secondary N) is 2. The standard InChI is InChI=1S/C20H22N2O3/c1-4-11-21-20(24)16-7-5-6-8-17(16)22-19(23)13-25-18-12-14(2)9-10-15(18)3/h4-10,12H,1,11,13H2,2-3H3,(H,21,24)(H,22,23). The molecule has 0 aliphatic rings. The zero-order chi connectivity index (χ0) is 18.2. The van der Waals surface area contributed by atoms with E-state index in [9.17, 15) is 9.59 Å². The number of benzene rings is 2. The Balaban J connectivity index is 2.02. The van der Waals surface area contributed by atoms with Gasteiger partial charge < -0.3 is 15.4 Å². The Labute approximate surface area is 147 Å². The van der Waals surface area contributed by atoms with E-state index >= 15 is 0 Å². The lowest BCUT2D eigenvalue weighted by molar-refractivity contribution is -0.118. The van der Waals surface area contributed by atoms with E-state index in [0.29, 0.717) is 23.5 Å². The van der Waals surface area contributed by atoms with Crippen LogP contribution < -0.4 is 15.4 Å². The molecule has 0 fully saturated rings. The highest BCUT2D eigenvalue weighted by atomic mass is 16.5. The van der Waals surface area contributed by atoms with Gasteiger partial charge in [-0.2, -0.15) is 0 Å². The van der Waals surface area contributed by atoms with Crippen molar-refractivity contribution in [2.45, 2.75) is 13.8 Å². The number of aryl methyl sites for hydroxylation is 2. The predicted octanol–water partition coefficient (Wildman–Crippen LogP) is 3.24. The van der Waals surface area contributed by atoms with Gasteiger partial charge in [-0.05, 0) is 43.2 Å². The van der Waals surface area contributed by atoms with Gasteiger partial charge in [0.15, 0.2) is 6.61 Å². The Hall–Kier alpha value is -3.08. The molecule has 25 heavy (non-hydrogen) atoms. The first kappa shape index (κ1) is 18.3. The Morgan fingerprint density at radius 2 is 1.92 bits per heavy atom. The summed E-state index contributed by atoms with van der Waals surface area (Å²) in [5.74, 6) is 0.0725. The molecule has 130 valence electrons. The number of anilines is 1. The van der Waals surface area contributed by atoms with Crippen molar-refractivity contribution in [3.05, 3.63) is 71.8 Å². The summed E-state index contributed by atoms with van der Waals surface area (Å²) >= 11 is 0. The van der Waals surface area contributed by atoms with Crippen molar-refractivity contribution in [3.63, 3.8) is 0 Å². The van der Waals surface area contributed by atoms with Crippen molar-refractivity contribution in [3.8, 4) is 5.75 Å². The van der Waals surface area contributed by atoms with E-state index in [0.717, 1.165) is 11.1 Å². The van der Waals surface area contributed by atoms with Gasteiger partial charge in [0, 0.05) is 6.54 Å². The van der Waals surface area contributed by atoms with Crippen molar-refractivity contribution in [1.82, 2.24) is 5.32 Å². The summed E-state index contributed by atoms with van der Waals surface area (Å²) in [7, 11) is 0. The minimum absolute atomic E-state index is 0.132.